The van der Waals surface area contributed by atoms with Crippen molar-refractivity contribution in [1.82, 2.24) is 9.55 Å². The molecule has 0 aliphatic carbocycles. The molecule has 8 nitrogen and oxygen atoms in total. The number of aliphatic hydroxyl groups is 1. The number of hydrogen-bond acceptors (Lipinski definition) is 7. The molecule has 2 atom stereocenters. The van der Waals surface area contributed by atoms with E-state index in [9.17, 15) is 17.6 Å². The summed E-state index contributed by atoms with van der Waals surface area (Å²) in [7, 11) is -3.69. The Bertz CT molecular complexity index is 628. The fourth-order valence-electron chi connectivity index (χ4n) is 1.57. The fourth-order valence-corrected chi connectivity index (χ4v) is 2.95. The van der Waals surface area contributed by atoms with E-state index in [4.69, 9.17) is 15.6 Å². The molecular formula is C8H10FN3O5S. The first kappa shape index (κ1) is 12.9. The fraction of sp³-hybridized carbons (Fsp3) is 0.500. The van der Waals surface area contributed by atoms with Crippen LogP contribution < -0.4 is 11.4 Å². The van der Waals surface area contributed by atoms with E-state index in [1.807, 2.05) is 0 Å². The van der Waals surface area contributed by atoms with Crippen LogP contribution in [0.2, 0.25) is 0 Å². The number of sulfone groups is 1. The molecule has 0 bridgehead atoms. The van der Waals surface area contributed by atoms with Gasteiger partial charge in [-0.3, -0.25) is 4.57 Å². The van der Waals surface area contributed by atoms with Gasteiger partial charge in [0.25, 0.3) is 0 Å². The van der Waals surface area contributed by atoms with Crippen LogP contribution in [0.1, 0.15) is 6.23 Å². The lowest BCUT2D eigenvalue weighted by atomic mass is 10.5. The molecule has 1 saturated heterocycles. The second-order valence-electron chi connectivity index (χ2n) is 3.70. The van der Waals surface area contributed by atoms with Crippen LogP contribution >= 0.6 is 0 Å². The van der Waals surface area contributed by atoms with Crippen LogP contribution in [0, 0.1) is 5.82 Å². The van der Waals surface area contributed by atoms with Crippen LogP contribution in [0.4, 0.5) is 10.2 Å². The first-order valence-corrected chi connectivity index (χ1v) is 6.58. The van der Waals surface area contributed by atoms with Gasteiger partial charge in [0, 0.05) is 0 Å². The first-order chi connectivity index (χ1) is 8.35. The molecule has 1 aliphatic heterocycles. The van der Waals surface area contributed by atoms with Crippen LogP contribution in [0.5, 0.6) is 0 Å². The lowest BCUT2D eigenvalue weighted by molar-refractivity contribution is -0.00820. The molecule has 1 aromatic heterocycles. The van der Waals surface area contributed by atoms with Crippen molar-refractivity contribution in [3.05, 3.63) is 22.5 Å². The Balaban J connectivity index is 2.41. The van der Waals surface area contributed by atoms with E-state index in [1.165, 1.54) is 0 Å². The Kier molecular flexibility index (Phi) is 3.09. The van der Waals surface area contributed by atoms with Crippen molar-refractivity contribution in [3.63, 3.8) is 0 Å². The Morgan fingerprint density at radius 2 is 2.33 bits per heavy atom. The second kappa shape index (κ2) is 4.30. The number of hydrogen-bond donors (Lipinski definition) is 2. The topological polar surface area (TPSA) is 125 Å². The minimum Gasteiger partial charge on any atom is -0.393 e. The van der Waals surface area contributed by atoms with Gasteiger partial charge in [-0.25, -0.2) is 17.6 Å². The van der Waals surface area contributed by atoms with Gasteiger partial charge in [0.2, 0.25) is 0 Å². The van der Waals surface area contributed by atoms with Crippen molar-refractivity contribution in [2.24, 2.45) is 0 Å². The van der Waals surface area contributed by atoms with E-state index < -0.39 is 51.2 Å². The monoisotopic (exact) mass is 279 g/mol. The molecule has 1 fully saturated rings. The molecule has 1 aromatic rings. The summed E-state index contributed by atoms with van der Waals surface area (Å²) in [4.78, 5) is 14.6. The van der Waals surface area contributed by atoms with Crippen molar-refractivity contribution in [3.8, 4) is 0 Å². The van der Waals surface area contributed by atoms with Crippen LogP contribution in [0.3, 0.4) is 0 Å². The standard InChI is InChI=1S/C8H10FN3O5S/c9-4-1-12(8(14)11-7(4)10)5-3-18(15,16)6(2-13)17-5/h1,5-6,13H,2-3H2,(H2,10,11,14). The third-order valence-electron chi connectivity index (χ3n) is 2.48. The molecule has 2 unspecified atom stereocenters. The van der Waals surface area contributed by atoms with E-state index in [2.05, 4.69) is 4.98 Å². The molecule has 0 aromatic carbocycles. The minimum absolute atomic E-state index is 0.539. The van der Waals surface area contributed by atoms with Gasteiger partial charge in [-0.05, 0) is 0 Å². The molecule has 100 valence electrons. The van der Waals surface area contributed by atoms with E-state index in [-0.39, 0.29) is 0 Å². The minimum atomic E-state index is -3.69. The molecular weight excluding hydrogens is 269 g/mol. The summed E-state index contributed by atoms with van der Waals surface area (Å²) in [6, 6.07) is 0. The quantitative estimate of drug-likeness (QED) is 0.656. The lowest BCUT2D eigenvalue weighted by Gasteiger charge is -2.12. The number of ether oxygens (including phenoxy) is 1. The predicted molar refractivity (Wildman–Crippen MR) is 57.7 cm³/mol. The van der Waals surface area contributed by atoms with Crippen molar-refractivity contribution in [1.29, 1.82) is 0 Å². The highest BCUT2D eigenvalue weighted by Crippen LogP contribution is 2.25. The smallest absolute Gasteiger partial charge is 0.351 e. The van der Waals surface area contributed by atoms with E-state index in [1.54, 1.807) is 0 Å². The summed E-state index contributed by atoms with van der Waals surface area (Å²) < 4.78 is 41.8. The molecule has 3 N–H and O–H groups in total. The number of nitrogens with zero attached hydrogens (tertiary/aromatic N) is 2. The molecule has 0 amide bonds. The SMILES string of the molecule is Nc1nc(=O)n(C2CS(=O)(=O)C(CO)O2)cc1F. The van der Waals surface area contributed by atoms with Gasteiger partial charge in [0.05, 0.1) is 18.6 Å². The summed E-state index contributed by atoms with van der Waals surface area (Å²) in [5.74, 6) is -2.07. The van der Waals surface area contributed by atoms with Crippen LogP contribution in [-0.4, -0.2) is 40.9 Å². The zero-order chi connectivity index (χ0) is 13.5. The third kappa shape index (κ3) is 2.09. The van der Waals surface area contributed by atoms with Crippen molar-refractivity contribution < 1.29 is 22.7 Å². The number of aromatic nitrogens is 2. The van der Waals surface area contributed by atoms with Gasteiger partial charge in [-0.15, -0.1) is 0 Å². The zero-order valence-electron chi connectivity index (χ0n) is 8.98. The van der Waals surface area contributed by atoms with Gasteiger partial charge in [0.1, 0.15) is 0 Å². The number of anilines is 1. The number of halogens is 1. The maximum atomic E-state index is 13.2. The molecule has 2 rings (SSSR count). The average molecular weight is 279 g/mol. The first-order valence-electron chi connectivity index (χ1n) is 4.87. The Labute approximate surface area is 101 Å². The lowest BCUT2D eigenvalue weighted by Crippen LogP contribution is -2.29. The average Bonchev–Trinajstić information content (AvgIpc) is 2.58. The largest absolute Gasteiger partial charge is 0.393 e. The Hall–Kier alpha value is -1.52. The maximum Gasteiger partial charge on any atom is 0.351 e. The number of rotatable bonds is 2. The summed E-state index contributed by atoms with van der Waals surface area (Å²) in [5, 5.41) is 8.83. The van der Waals surface area contributed by atoms with Crippen LogP contribution in [0.15, 0.2) is 11.0 Å². The molecule has 1 aliphatic rings. The highest BCUT2D eigenvalue weighted by atomic mass is 32.2. The summed E-state index contributed by atoms with van der Waals surface area (Å²) in [6.45, 7) is -0.738. The third-order valence-corrected chi connectivity index (χ3v) is 4.29. The van der Waals surface area contributed by atoms with E-state index >= 15 is 0 Å². The Morgan fingerprint density at radius 3 is 2.89 bits per heavy atom. The normalized spacial score (nSPS) is 26.3. The summed E-state index contributed by atoms with van der Waals surface area (Å²) in [5.41, 5.74) is 2.75. The molecule has 0 spiro atoms. The van der Waals surface area contributed by atoms with Crippen LogP contribution in [-0.2, 0) is 14.6 Å². The maximum absolute atomic E-state index is 13.2. The van der Waals surface area contributed by atoms with Gasteiger partial charge >= 0.3 is 5.69 Å². The number of nitrogen functional groups attached to an aromatic ring is 1. The van der Waals surface area contributed by atoms with Gasteiger partial charge < -0.3 is 15.6 Å². The van der Waals surface area contributed by atoms with Crippen molar-refractivity contribution in [2.45, 2.75) is 11.7 Å². The van der Waals surface area contributed by atoms with Crippen LogP contribution in [0.25, 0.3) is 0 Å². The highest BCUT2D eigenvalue weighted by Gasteiger charge is 2.40. The molecule has 0 saturated carbocycles. The molecule has 2 heterocycles. The molecule has 18 heavy (non-hydrogen) atoms. The summed E-state index contributed by atoms with van der Waals surface area (Å²) in [6.07, 6.45) is -0.493. The van der Waals surface area contributed by atoms with Gasteiger partial charge in [-0.2, -0.15) is 4.98 Å². The van der Waals surface area contributed by atoms with Crippen molar-refractivity contribution >= 4 is 15.7 Å². The zero-order valence-corrected chi connectivity index (χ0v) is 9.80. The van der Waals surface area contributed by atoms with Crippen molar-refractivity contribution in [2.75, 3.05) is 18.1 Å². The van der Waals surface area contributed by atoms with E-state index in [0.717, 1.165) is 6.20 Å². The molecule has 0 radical (unpaired) electrons. The number of nitrogens with two attached hydrogens (primary N) is 1. The molecule has 10 heteroatoms. The number of aliphatic hydroxyl groups excluding tert-OH is 1. The highest BCUT2D eigenvalue weighted by molar-refractivity contribution is 7.92. The van der Waals surface area contributed by atoms with E-state index in [0.29, 0.717) is 4.57 Å². The predicted octanol–water partition coefficient (Wildman–Crippen LogP) is -1.77. The Morgan fingerprint density at radius 1 is 1.67 bits per heavy atom. The second-order valence-corrected chi connectivity index (χ2v) is 5.88. The van der Waals surface area contributed by atoms with Gasteiger partial charge in [0.15, 0.2) is 33.1 Å². The van der Waals surface area contributed by atoms with Gasteiger partial charge in [-0.1, -0.05) is 0 Å². The summed E-state index contributed by atoms with van der Waals surface area (Å²) >= 11 is 0.